The number of hydrogen-bond donors (Lipinski definition) is 1. The van der Waals surface area contributed by atoms with Crippen molar-refractivity contribution in [2.24, 2.45) is 5.92 Å². The van der Waals surface area contributed by atoms with Crippen molar-refractivity contribution in [3.8, 4) is 0 Å². The molecule has 0 bridgehead atoms. The lowest BCUT2D eigenvalue weighted by Gasteiger charge is -2.24. The van der Waals surface area contributed by atoms with E-state index in [9.17, 15) is 9.59 Å². The predicted molar refractivity (Wildman–Crippen MR) is 64.5 cm³/mol. The Labute approximate surface area is 102 Å². The Hall–Kier alpha value is -1.52. The van der Waals surface area contributed by atoms with E-state index in [4.69, 9.17) is 4.74 Å². The zero-order valence-electron chi connectivity index (χ0n) is 11.1. The smallest absolute Gasteiger partial charge is 0.408 e. The van der Waals surface area contributed by atoms with E-state index >= 15 is 0 Å². The lowest BCUT2D eigenvalue weighted by molar-refractivity contribution is -0.144. The summed E-state index contributed by atoms with van der Waals surface area (Å²) in [7, 11) is 1.27. The second kappa shape index (κ2) is 6.27. The Morgan fingerprint density at radius 2 is 1.88 bits per heavy atom. The number of ether oxygens (including phenoxy) is 2. The van der Waals surface area contributed by atoms with E-state index in [0.29, 0.717) is 0 Å². The summed E-state index contributed by atoms with van der Waals surface area (Å²) in [5, 5.41) is 2.47. The van der Waals surface area contributed by atoms with E-state index in [1.807, 2.05) is 0 Å². The van der Waals surface area contributed by atoms with Crippen molar-refractivity contribution in [1.82, 2.24) is 5.32 Å². The van der Waals surface area contributed by atoms with Crippen LogP contribution in [0.1, 0.15) is 27.7 Å². The van der Waals surface area contributed by atoms with Crippen molar-refractivity contribution in [3.05, 3.63) is 12.7 Å². The Kier molecular flexibility index (Phi) is 5.71. The summed E-state index contributed by atoms with van der Waals surface area (Å²) in [4.78, 5) is 23.0. The zero-order valence-corrected chi connectivity index (χ0v) is 11.1. The average molecular weight is 243 g/mol. The molecule has 0 rings (SSSR count). The molecule has 5 heteroatoms. The molecular weight excluding hydrogens is 222 g/mol. The van der Waals surface area contributed by atoms with Crippen LogP contribution >= 0.6 is 0 Å². The van der Waals surface area contributed by atoms with Gasteiger partial charge < -0.3 is 14.8 Å². The van der Waals surface area contributed by atoms with Crippen LogP contribution in [0.5, 0.6) is 0 Å². The van der Waals surface area contributed by atoms with Gasteiger partial charge in [-0.05, 0) is 20.8 Å². The van der Waals surface area contributed by atoms with E-state index < -0.39 is 23.7 Å². The molecule has 98 valence electrons. The van der Waals surface area contributed by atoms with Crippen molar-refractivity contribution in [2.75, 3.05) is 7.11 Å². The molecule has 0 aromatic heterocycles. The van der Waals surface area contributed by atoms with E-state index in [0.717, 1.165) is 0 Å². The Balaban J connectivity index is 4.60. The number of amides is 1. The second-order valence-corrected chi connectivity index (χ2v) is 4.74. The standard InChI is InChI=1S/C12H21NO4/c1-7-8(2)9(10(14)16-6)13-11(15)17-12(3,4)5/h7-9H,1H2,2-6H3,(H,13,15). The fraction of sp³-hybridized carbons (Fsp3) is 0.667. The SMILES string of the molecule is C=CC(C)C(NC(=O)OC(C)(C)C)C(=O)OC. The van der Waals surface area contributed by atoms with Crippen molar-refractivity contribution in [1.29, 1.82) is 0 Å². The van der Waals surface area contributed by atoms with Gasteiger partial charge in [-0.2, -0.15) is 0 Å². The normalized spacial score (nSPS) is 14.4. The molecule has 0 aromatic carbocycles. The van der Waals surface area contributed by atoms with Gasteiger partial charge in [-0.25, -0.2) is 9.59 Å². The number of carbonyl (C=O) groups is 2. The number of rotatable bonds is 4. The molecule has 0 spiro atoms. The number of methoxy groups -OCH3 is 1. The molecule has 0 fully saturated rings. The van der Waals surface area contributed by atoms with Gasteiger partial charge in [-0.1, -0.05) is 13.0 Å². The van der Waals surface area contributed by atoms with Gasteiger partial charge in [0.05, 0.1) is 7.11 Å². The van der Waals surface area contributed by atoms with Gasteiger partial charge in [0.1, 0.15) is 11.6 Å². The van der Waals surface area contributed by atoms with Crippen LogP contribution in [0.3, 0.4) is 0 Å². The number of carbonyl (C=O) groups excluding carboxylic acids is 2. The first-order chi connectivity index (χ1) is 7.71. The highest BCUT2D eigenvalue weighted by Crippen LogP contribution is 2.10. The molecule has 0 saturated carbocycles. The van der Waals surface area contributed by atoms with E-state index in [1.54, 1.807) is 33.8 Å². The first-order valence-electron chi connectivity index (χ1n) is 5.41. The molecule has 0 aliphatic carbocycles. The minimum absolute atomic E-state index is 0.241. The Bertz CT molecular complexity index is 293. The summed E-state index contributed by atoms with van der Waals surface area (Å²) < 4.78 is 9.67. The molecular formula is C12H21NO4. The molecule has 1 amide bonds. The maximum atomic E-state index is 11.5. The van der Waals surface area contributed by atoms with Crippen LogP contribution in [0.2, 0.25) is 0 Å². The van der Waals surface area contributed by atoms with Gasteiger partial charge in [-0.15, -0.1) is 6.58 Å². The second-order valence-electron chi connectivity index (χ2n) is 4.74. The minimum atomic E-state index is -0.785. The molecule has 1 N–H and O–H groups in total. The molecule has 2 atom stereocenters. The minimum Gasteiger partial charge on any atom is -0.467 e. The van der Waals surface area contributed by atoms with E-state index in [1.165, 1.54) is 7.11 Å². The molecule has 2 unspecified atom stereocenters. The summed E-state index contributed by atoms with van der Waals surface area (Å²) in [5.74, 6) is -0.766. The molecule has 0 radical (unpaired) electrons. The Morgan fingerprint density at radius 3 is 2.24 bits per heavy atom. The van der Waals surface area contributed by atoms with Gasteiger partial charge >= 0.3 is 12.1 Å². The summed E-state index contributed by atoms with van der Waals surface area (Å²) in [6.45, 7) is 10.6. The van der Waals surface area contributed by atoms with E-state index in [2.05, 4.69) is 16.6 Å². The summed E-state index contributed by atoms with van der Waals surface area (Å²) >= 11 is 0. The van der Waals surface area contributed by atoms with Crippen LogP contribution in [0.25, 0.3) is 0 Å². The first kappa shape index (κ1) is 15.5. The molecule has 5 nitrogen and oxygen atoms in total. The van der Waals surface area contributed by atoms with Crippen molar-refractivity contribution >= 4 is 12.1 Å². The van der Waals surface area contributed by atoms with Gasteiger partial charge in [-0.3, -0.25) is 0 Å². The van der Waals surface area contributed by atoms with Crippen molar-refractivity contribution in [3.63, 3.8) is 0 Å². The lowest BCUT2D eigenvalue weighted by atomic mass is 10.0. The maximum Gasteiger partial charge on any atom is 0.408 e. The maximum absolute atomic E-state index is 11.5. The van der Waals surface area contributed by atoms with Gasteiger partial charge in [0.25, 0.3) is 0 Å². The van der Waals surface area contributed by atoms with Crippen LogP contribution in [-0.2, 0) is 14.3 Å². The molecule has 0 aromatic rings. The van der Waals surface area contributed by atoms with Gasteiger partial charge in [0.2, 0.25) is 0 Å². The third-order valence-electron chi connectivity index (χ3n) is 2.02. The highest BCUT2D eigenvalue weighted by molar-refractivity contribution is 5.81. The first-order valence-corrected chi connectivity index (χ1v) is 5.41. The van der Waals surface area contributed by atoms with Crippen molar-refractivity contribution in [2.45, 2.75) is 39.3 Å². The van der Waals surface area contributed by atoms with Crippen LogP contribution < -0.4 is 5.32 Å². The predicted octanol–water partition coefficient (Wildman–Crippen LogP) is 1.87. The quantitative estimate of drug-likeness (QED) is 0.604. The van der Waals surface area contributed by atoms with E-state index in [-0.39, 0.29) is 5.92 Å². The lowest BCUT2D eigenvalue weighted by Crippen LogP contribution is -2.47. The van der Waals surface area contributed by atoms with Crippen LogP contribution in [0, 0.1) is 5.92 Å². The number of hydrogen-bond acceptors (Lipinski definition) is 4. The molecule has 0 aliphatic heterocycles. The largest absolute Gasteiger partial charge is 0.467 e. The van der Waals surface area contributed by atoms with Crippen LogP contribution in [0.15, 0.2) is 12.7 Å². The zero-order chi connectivity index (χ0) is 13.6. The molecule has 0 aliphatic rings. The number of esters is 1. The Morgan fingerprint density at radius 1 is 1.35 bits per heavy atom. The fourth-order valence-electron chi connectivity index (χ4n) is 1.10. The summed E-state index contributed by atoms with van der Waals surface area (Å²) in [5.41, 5.74) is -0.609. The monoisotopic (exact) mass is 243 g/mol. The molecule has 0 heterocycles. The highest BCUT2D eigenvalue weighted by atomic mass is 16.6. The van der Waals surface area contributed by atoms with Gasteiger partial charge in [0, 0.05) is 5.92 Å². The fourth-order valence-corrected chi connectivity index (χ4v) is 1.10. The number of nitrogens with one attached hydrogen (secondary N) is 1. The van der Waals surface area contributed by atoms with Crippen LogP contribution in [-0.4, -0.2) is 30.8 Å². The van der Waals surface area contributed by atoms with Crippen molar-refractivity contribution < 1.29 is 19.1 Å². The topological polar surface area (TPSA) is 64.6 Å². The van der Waals surface area contributed by atoms with Gasteiger partial charge in [0.15, 0.2) is 0 Å². The third-order valence-corrected chi connectivity index (χ3v) is 2.02. The highest BCUT2D eigenvalue weighted by Gasteiger charge is 2.28. The number of alkyl carbamates (subject to hydrolysis) is 1. The molecule has 0 saturated heterocycles. The summed E-state index contributed by atoms with van der Waals surface area (Å²) in [6.07, 6.45) is 0.917. The van der Waals surface area contributed by atoms with Crippen LogP contribution in [0.4, 0.5) is 4.79 Å². The third kappa shape index (κ3) is 5.94. The molecule has 17 heavy (non-hydrogen) atoms. The average Bonchev–Trinajstić information content (AvgIpc) is 2.21. The summed E-state index contributed by atoms with van der Waals surface area (Å²) in [6, 6.07) is -0.785.